The summed E-state index contributed by atoms with van der Waals surface area (Å²) in [5, 5.41) is 13.5. The number of hydrogen-bond acceptors (Lipinski definition) is 2. The predicted molar refractivity (Wildman–Crippen MR) is 73.2 cm³/mol. The molecule has 1 aromatic carbocycles. The van der Waals surface area contributed by atoms with Gasteiger partial charge in [-0.05, 0) is 37.8 Å². The minimum Gasteiger partial charge on any atom is -0.505 e. The summed E-state index contributed by atoms with van der Waals surface area (Å²) >= 11 is 11.8. The van der Waals surface area contributed by atoms with Gasteiger partial charge in [-0.1, -0.05) is 36.0 Å². The third kappa shape index (κ3) is 2.99. The van der Waals surface area contributed by atoms with E-state index in [1.54, 1.807) is 12.1 Å². The van der Waals surface area contributed by atoms with E-state index in [2.05, 4.69) is 12.2 Å². The van der Waals surface area contributed by atoms with Gasteiger partial charge in [-0.2, -0.15) is 0 Å². The van der Waals surface area contributed by atoms with Crippen LogP contribution in [0.25, 0.3) is 0 Å². The first kappa shape index (κ1) is 12.8. The quantitative estimate of drug-likeness (QED) is 0.784. The van der Waals surface area contributed by atoms with Crippen molar-refractivity contribution in [1.82, 2.24) is 0 Å². The first-order valence-corrected chi connectivity index (χ1v) is 6.78. The van der Waals surface area contributed by atoms with Gasteiger partial charge in [0.25, 0.3) is 0 Å². The Kier molecular flexibility index (Phi) is 4.05. The number of anilines is 1. The Bertz CT molecular complexity index is 379. The molecule has 0 bridgehead atoms. The van der Waals surface area contributed by atoms with Crippen molar-refractivity contribution in [3.63, 3.8) is 0 Å². The molecule has 2 rings (SSSR count). The Balaban J connectivity index is 2.07. The molecule has 0 radical (unpaired) electrons. The molecule has 1 aliphatic rings. The van der Waals surface area contributed by atoms with Crippen molar-refractivity contribution >= 4 is 28.9 Å². The fraction of sp³-hybridized carbons (Fsp3) is 0.538. The number of nitrogens with one attached hydrogen (secondary N) is 1. The number of hydrogen-bond donors (Lipinski definition) is 2. The second kappa shape index (κ2) is 5.36. The smallest absolute Gasteiger partial charge is 0.152 e. The molecule has 2 nitrogen and oxygen atoms in total. The van der Waals surface area contributed by atoms with E-state index in [9.17, 15) is 5.11 Å². The summed E-state index contributed by atoms with van der Waals surface area (Å²) in [5.74, 6) is 0.675. The van der Waals surface area contributed by atoms with Gasteiger partial charge in [0.2, 0.25) is 0 Å². The zero-order chi connectivity index (χ0) is 12.4. The fourth-order valence-electron chi connectivity index (χ4n) is 2.49. The van der Waals surface area contributed by atoms with Gasteiger partial charge in [0.15, 0.2) is 5.75 Å². The molecule has 1 aliphatic carbocycles. The summed E-state index contributed by atoms with van der Waals surface area (Å²) in [4.78, 5) is 0. The van der Waals surface area contributed by atoms with Crippen LogP contribution < -0.4 is 5.32 Å². The fourth-order valence-corrected chi connectivity index (χ4v) is 2.97. The standard InChI is InChI=1S/C13H17Cl2NO/c1-8(9-4-2-3-5-9)16-10-6-11(14)13(17)12(15)7-10/h6-9,16-17H,2-5H2,1H3. The first-order chi connectivity index (χ1) is 8.08. The SMILES string of the molecule is CC(Nc1cc(Cl)c(O)c(Cl)c1)C1CCCC1. The largest absolute Gasteiger partial charge is 0.505 e. The molecule has 1 unspecified atom stereocenters. The van der Waals surface area contributed by atoms with Crippen molar-refractivity contribution < 1.29 is 5.11 Å². The Morgan fingerprint density at radius 2 is 1.76 bits per heavy atom. The zero-order valence-electron chi connectivity index (χ0n) is 9.84. The molecule has 0 aromatic heterocycles. The monoisotopic (exact) mass is 273 g/mol. The lowest BCUT2D eigenvalue weighted by Gasteiger charge is -2.22. The highest BCUT2D eigenvalue weighted by molar-refractivity contribution is 6.37. The molecule has 1 saturated carbocycles. The molecule has 0 spiro atoms. The third-order valence-corrected chi connectivity index (χ3v) is 4.09. The number of phenols is 1. The van der Waals surface area contributed by atoms with Crippen LogP contribution in [0.15, 0.2) is 12.1 Å². The van der Waals surface area contributed by atoms with Gasteiger partial charge >= 0.3 is 0 Å². The first-order valence-electron chi connectivity index (χ1n) is 6.02. The van der Waals surface area contributed by atoms with E-state index in [1.807, 2.05) is 0 Å². The third-order valence-electron chi connectivity index (χ3n) is 3.52. The van der Waals surface area contributed by atoms with Crippen molar-refractivity contribution in [2.24, 2.45) is 5.92 Å². The lowest BCUT2D eigenvalue weighted by atomic mass is 9.99. The maximum absolute atomic E-state index is 9.48. The molecule has 4 heteroatoms. The van der Waals surface area contributed by atoms with Crippen molar-refractivity contribution in [1.29, 1.82) is 0 Å². The molecule has 0 heterocycles. The van der Waals surface area contributed by atoms with Crippen LogP contribution in [0.5, 0.6) is 5.75 Å². The van der Waals surface area contributed by atoms with Gasteiger partial charge in [0.1, 0.15) is 0 Å². The van der Waals surface area contributed by atoms with Gasteiger partial charge in [0, 0.05) is 11.7 Å². The Morgan fingerprint density at radius 1 is 1.24 bits per heavy atom. The minimum atomic E-state index is -0.0487. The van der Waals surface area contributed by atoms with Crippen molar-refractivity contribution in [2.45, 2.75) is 38.6 Å². The van der Waals surface area contributed by atoms with Gasteiger partial charge in [0.05, 0.1) is 10.0 Å². The van der Waals surface area contributed by atoms with Gasteiger partial charge in [-0.3, -0.25) is 0 Å². The van der Waals surface area contributed by atoms with E-state index in [0.717, 1.165) is 11.6 Å². The summed E-state index contributed by atoms with van der Waals surface area (Å²) in [7, 11) is 0. The number of aromatic hydroxyl groups is 1. The molecular weight excluding hydrogens is 257 g/mol. The molecule has 2 N–H and O–H groups in total. The molecule has 94 valence electrons. The summed E-state index contributed by atoms with van der Waals surface area (Å²) in [6.45, 7) is 2.19. The Morgan fingerprint density at radius 3 is 2.29 bits per heavy atom. The van der Waals surface area contributed by atoms with Crippen LogP contribution in [0, 0.1) is 5.92 Å². The normalized spacial score (nSPS) is 18.3. The maximum Gasteiger partial charge on any atom is 0.152 e. The van der Waals surface area contributed by atoms with Crippen LogP contribution in [0.2, 0.25) is 10.0 Å². The number of phenolic OH excluding ortho intramolecular Hbond substituents is 1. The van der Waals surface area contributed by atoms with Crippen molar-refractivity contribution in [3.8, 4) is 5.75 Å². The van der Waals surface area contributed by atoms with Gasteiger partial charge in [-0.15, -0.1) is 0 Å². The molecule has 0 saturated heterocycles. The lowest BCUT2D eigenvalue weighted by molar-refractivity contribution is 0.474. The van der Waals surface area contributed by atoms with Gasteiger partial charge in [-0.25, -0.2) is 0 Å². The Labute approximate surface area is 112 Å². The van der Waals surface area contributed by atoms with Crippen LogP contribution in [-0.4, -0.2) is 11.1 Å². The van der Waals surface area contributed by atoms with Crippen molar-refractivity contribution in [2.75, 3.05) is 5.32 Å². The van der Waals surface area contributed by atoms with E-state index >= 15 is 0 Å². The van der Waals surface area contributed by atoms with E-state index < -0.39 is 0 Å². The zero-order valence-corrected chi connectivity index (χ0v) is 11.4. The van der Waals surface area contributed by atoms with Crippen LogP contribution in [0.3, 0.4) is 0 Å². The van der Waals surface area contributed by atoms with E-state index in [4.69, 9.17) is 23.2 Å². The highest BCUT2D eigenvalue weighted by Crippen LogP contribution is 2.36. The second-order valence-corrected chi connectivity index (χ2v) is 5.58. The van der Waals surface area contributed by atoms with E-state index in [1.165, 1.54) is 25.7 Å². The van der Waals surface area contributed by atoms with Crippen LogP contribution in [0.4, 0.5) is 5.69 Å². The molecule has 17 heavy (non-hydrogen) atoms. The lowest BCUT2D eigenvalue weighted by Crippen LogP contribution is -2.23. The Hall–Kier alpha value is -0.600. The van der Waals surface area contributed by atoms with Crippen LogP contribution in [0.1, 0.15) is 32.6 Å². The van der Waals surface area contributed by atoms with E-state index in [-0.39, 0.29) is 5.75 Å². The predicted octanol–water partition coefficient (Wildman–Crippen LogP) is 4.69. The molecule has 0 amide bonds. The summed E-state index contributed by atoms with van der Waals surface area (Å²) in [6.07, 6.45) is 5.23. The number of halogens is 2. The topological polar surface area (TPSA) is 32.3 Å². The summed E-state index contributed by atoms with van der Waals surface area (Å²) in [6, 6.07) is 3.84. The van der Waals surface area contributed by atoms with Crippen LogP contribution in [-0.2, 0) is 0 Å². The average Bonchev–Trinajstić information content (AvgIpc) is 2.79. The maximum atomic E-state index is 9.48. The molecule has 1 fully saturated rings. The molecule has 1 aromatic rings. The highest BCUT2D eigenvalue weighted by atomic mass is 35.5. The van der Waals surface area contributed by atoms with E-state index in [0.29, 0.717) is 16.1 Å². The second-order valence-electron chi connectivity index (χ2n) is 4.77. The number of benzene rings is 1. The molecule has 1 atom stereocenters. The molecular formula is C13H17Cl2NO. The number of rotatable bonds is 3. The average molecular weight is 274 g/mol. The van der Waals surface area contributed by atoms with Gasteiger partial charge < -0.3 is 10.4 Å². The van der Waals surface area contributed by atoms with Crippen molar-refractivity contribution in [3.05, 3.63) is 22.2 Å². The highest BCUT2D eigenvalue weighted by Gasteiger charge is 2.21. The summed E-state index contributed by atoms with van der Waals surface area (Å²) in [5.41, 5.74) is 0.872. The minimum absolute atomic E-state index is 0.0487. The molecule has 0 aliphatic heterocycles. The summed E-state index contributed by atoms with van der Waals surface area (Å²) < 4.78 is 0. The van der Waals surface area contributed by atoms with Crippen LogP contribution >= 0.6 is 23.2 Å².